The van der Waals surface area contributed by atoms with Gasteiger partial charge < -0.3 is 9.47 Å². The molecule has 1 aromatic carbocycles. The summed E-state index contributed by atoms with van der Waals surface area (Å²) in [5, 5.41) is 7.72. The van der Waals surface area contributed by atoms with E-state index in [2.05, 4.69) is 10.3 Å². The summed E-state index contributed by atoms with van der Waals surface area (Å²) in [6, 6.07) is 4.23. The van der Waals surface area contributed by atoms with Gasteiger partial charge in [-0.25, -0.2) is 13.9 Å². The number of halogens is 1. The molecule has 112 valence electrons. The first-order valence-electron chi connectivity index (χ1n) is 6.46. The minimum Gasteiger partial charge on any atom is -0.496 e. The first kappa shape index (κ1) is 15.0. The molecule has 0 radical (unpaired) electrons. The van der Waals surface area contributed by atoms with E-state index >= 15 is 0 Å². The minimum atomic E-state index is -0.521. The summed E-state index contributed by atoms with van der Waals surface area (Å²) in [7, 11) is 1.51. The van der Waals surface area contributed by atoms with Gasteiger partial charge in [0, 0.05) is 5.56 Å². The summed E-state index contributed by atoms with van der Waals surface area (Å²) in [5.74, 6) is -0.342. The minimum absolute atomic E-state index is 0.159. The number of methoxy groups -OCH3 is 1. The molecule has 1 heterocycles. The Bertz CT molecular complexity index is 655. The molecule has 0 aliphatic heterocycles. The normalized spacial score (nSPS) is 10.5. The third-order valence-electron chi connectivity index (χ3n) is 3.01. The summed E-state index contributed by atoms with van der Waals surface area (Å²) in [4.78, 5) is 11.7. The summed E-state index contributed by atoms with van der Waals surface area (Å²) in [6.45, 7) is 3.94. The Morgan fingerprint density at radius 3 is 2.86 bits per heavy atom. The van der Waals surface area contributed by atoms with E-state index < -0.39 is 5.97 Å². The van der Waals surface area contributed by atoms with Crippen molar-refractivity contribution in [1.29, 1.82) is 0 Å². The fourth-order valence-corrected chi connectivity index (χ4v) is 1.93. The summed E-state index contributed by atoms with van der Waals surface area (Å²) >= 11 is 0. The van der Waals surface area contributed by atoms with Crippen LogP contribution in [-0.2, 0) is 11.3 Å². The van der Waals surface area contributed by atoms with Gasteiger partial charge in [-0.05, 0) is 32.0 Å². The molecule has 0 atom stereocenters. The van der Waals surface area contributed by atoms with Crippen LogP contribution >= 0.6 is 0 Å². The molecule has 0 aliphatic carbocycles. The Morgan fingerprint density at radius 1 is 1.43 bits per heavy atom. The SMILES string of the molecule is CCOC(=O)c1nnn(Cc2cc(F)ccc2OC)c1C. The average Bonchev–Trinajstić information content (AvgIpc) is 2.81. The summed E-state index contributed by atoms with van der Waals surface area (Å²) < 4.78 is 24.9. The van der Waals surface area contributed by atoms with Crippen molar-refractivity contribution < 1.29 is 18.7 Å². The van der Waals surface area contributed by atoms with Crippen LogP contribution in [0.3, 0.4) is 0 Å². The predicted molar refractivity (Wildman–Crippen MR) is 72.8 cm³/mol. The van der Waals surface area contributed by atoms with E-state index in [1.54, 1.807) is 19.9 Å². The molecule has 0 bridgehead atoms. The standard InChI is InChI=1S/C14H16FN3O3/c1-4-21-14(19)13-9(2)18(17-16-13)8-10-7-11(15)5-6-12(10)20-3/h5-7H,4,8H2,1-3H3. The van der Waals surface area contributed by atoms with Crippen molar-refractivity contribution in [3.05, 3.63) is 41.0 Å². The van der Waals surface area contributed by atoms with Crippen molar-refractivity contribution in [2.24, 2.45) is 0 Å². The Morgan fingerprint density at radius 2 is 2.19 bits per heavy atom. The molecule has 2 rings (SSSR count). The number of benzene rings is 1. The van der Waals surface area contributed by atoms with E-state index in [0.717, 1.165) is 0 Å². The van der Waals surface area contributed by atoms with E-state index in [4.69, 9.17) is 9.47 Å². The van der Waals surface area contributed by atoms with Crippen LogP contribution in [0.5, 0.6) is 5.75 Å². The van der Waals surface area contributed by atoms with Crippen molar-refractivity contribution in [2.75, 3.05) is 13.7 Å². The van der Waals surface area contributed by atoms with Crippen LogP contribution in [0.2, 0.25) is 0 Å². The van der Waals surface area contributed by atoms with Crippen LogP contribution in [-0.4, -0.2) is 34.7 Å². The topological polar surface area (TPSA) is 66.2 Å². The highest BCUT2D eigenvalue weighted by atomic mass is 19.1. The van der Waals surface area contributed by atoms with Gasteiger partial charge in [-0.2, -0.15) is 0 Å². The van der Waals surface area contributed by atoms with Gasteiger partial charge in [0.25, 0.3) is 0 Å². The Labute approximate surface area is 121 Å². The first-order chi connectivity index (χ1) is 10.1. The number of aromatic nitrogens is 3. The molecule has 2 aromatic rings. The molecule has 0 aliphatic rings. The fraction of sp³-hybridized carbons (Fsp3) is 0.357. The zero-order valence-electron chi connectivity index (χ0n) is 12.1. The molecule has 7 heteroatoms. The summed E-state index contributed by atoms with van der Waals surface area (Å²) in [5.41, 5.74) is 1.33. The first-order valence-corrected chi connectivity index (χ1v) is 6.46. The number of carbonyl (C=O) groups excluding carboxylic acids is 1. The van der Waals surface area contributed by atoms with Crippen molar-refractivity contribution in [1.82, 2.24) is 15.0 Å². The van der Waals surface area contributed by atoms with Crippen LogP contribution in [0.4, 0.5) is 4.39 Å². The number of carbonyl (C=O) groups is 1. The van der Waals surface area contributed by atoms with Crippen molar-refractivity contribution >= 4 is 5.97 Å². The van der Waals surface area contributed by atoms with Gasteiger partial charge in [-0.3, -0.25) is 0 Å². The van der Waals surface area contributed by atoms with Crippen molar-refractivity contribution in [3.63, 3.8) is 0 Å². The predicted octanol–water partition coefficient (Wildman–Crippen LogP) is 1.96. The second kappa shape index (κ2) is 6.34. The highest BCUT2D eigenvalue weighted by molar-refractivity contribution is 5.88. The number of hydrogen-bond donors (Lipinski definition) is 0. The second-order valence-electron chi connectivity index (χ2n) is 4.36. The van der Waals surface area contributed by atoms with E-state index in [0.29, 0.717) is 17.0 Å². The molecule has 0 N–H and O–H groups in total. The van der Waals surface area contributed by atoms with Crippen LogP contribution < -0.4 is 4.74 Å². The van der Waals surface area contributed by atoms with Gasteiger partial charge in [0.15, 0.2) is 5.69 Å². The van der Waals surface area contributed by atoms with Crippen LogP contribution in [0, 0.1) is 12.7 Å². The van der Waals surface area contributed by atoms with Gasteiger partial charge in [-0.1, -0.05) is 5.21 Å². The quantitative estimate of drug-likeness (QED) is 0.788. The number of nitrogens with zero attached hydrogens (tertiary/aromatic N) is 3. The zero-order chi connectivity index (χ0) is 15.4. The third kappa shape index (κ3) is 3.18. The van der Waals surface area contributed by atoms with E-state index in [1.807, 2.05) is 0 Å². The zero-order valence-corrected chi connectivity index (χ0v) is 12.1. The molecular formula is C14H16FN3O3. The number of hydrogen-bond acceptors (Lipinski definition) is 5. The molecule has 21 heavy (non-hydrogen) atoms. The lowest BCUT2D eigenvalue weighted by molar-refractivity contribution is 0.0518. The van der Waals surface area contributed by atoms with Gasteiger partial charge in [0.05, 0.1) is 26.0 Å². The van der Waals surface area contributed by atoms with Crippen molar-refractivity contribution in [3.8, 4) is 5.75 Å². The molecule has 0 fully saturated rings. The van der Waals surface area contributed by atoms with E-state index in [-0.39, 0.29) is 24.7 Å². The van der Waals surface area contributed by atoms with Gasteiger partial charge in [0.1, 0.15) is 11.6 Å². The number of esters is 1. The maximum atomic E-state index is 13.3. The van der Waals surface area contributed by atoms with Crippen LogP contribution in [0.15, 0.2) is 18.2 Å². The Balaban J connectivity index is 2.29. The lowest BCUT2D eigenvalue weighted by Crippen LogP contribution is -2.09. The van der Waals surface area contributed by atoms with Gasteiger partial charge in [-0.15, -0.1) is 5.10 Å². The van der Waals surface area contributed by atoms with Crippen LogP contribution in [0.25, 0.3) is 0 Å². The maximum Gasteiger partial charge on any atom is 0.360 e. The molecule has 1 aromatic heterocycles. The van der Waals surface area contributed by atoms with Gasteiger partial charge >= 0.3 is 5.97 Å². The van der Waals surface area contributed by atoms with Crippen molar-refractivity contribution in [2.45, 2.75) is 20.4 Å². The number of rotatable bonds is 5. The molecule has 0 spiro atoms. The fourth-order valence-electron chi connectivity index (χ4n) is 1.93. The molecule has 0 saturated heterocycles. The molecule has 0 amide bonds. The average molecular weight is 293 g/mol. The number of ether oxygens (including phenoxy) is 2. The lowest BCUT2D eigenvalue weighted by Gasteiger charge is -2.09. The molecular weight excluding hydrogens is 277 g/mol. The highest BCUT2D eigenvalue weighted by Crippen LogP contribution is 2.21. The van der Waals surface area contributed by atoms with E-state index in [1.165, 1.54) is 23.9 Å². The second-order valence-corrected chi connectivity index (χ2v) is 4.36. The van der Waals surface area contributed by atoms with Crippen LogP contribution in [0.1, 0.15) is 28.7 Å². The maximum absolute atomic E-state index is 13.3. The van der Waals surface area contributed by atoms with Gasteiger partial charge in [0.2, 0.25) is 0 Å². The Hall–Kier alpha value is -2.44. The molecule has 0 saturated carbocycles. The largest absolute Gasteiger partial charge is 0.496 e. The molecule has 6 nitrogen and oxygen atoms in total. The highest BCUT2D eigenvalue weighted by Gasteiger charge is 2.18. The van der Waals surface area contributed by atoms with E-state index in [9.17, 15) is 9.18 Å². The third-order valence-corrected chi connectivity index (χ3v) is 3.01. The summed E-state index contributed by atoms with van der Waals surface area (Å²) in [6.07, 6.45) is 0. The molecule has 0 unspecified atom stereocenters. The monoisotopic (exact) mass is 293 g/mol. The smallest absolute Gasteiger partial charge is 0.360 e. The lowest BCUT2D eigenvalue weighted by atomic mass is 10.2. The Kier molecular flexibility index (Phi) is 4.52.